The molecule has 2 fully saturated rings. The Morgan fingerprint density at radius 2 is 2.20 bits per heavy atom. The fourth-order valence-electron chi connectivity index (χ4n) is 2.38. The molecule has 2 aliphatic heterocycles. The normalized spacial score (nSPS) is 48.0. The van der Waals surface area contributed by atoms with E-state index >= 15 is 0 Å². The molecule has 0 saturated carbocycles. The zero-order valence-electron chi connectivity index (χ0n) is 6.39. The zero-order valence-corrected chi connectivity index (χ0v) is 6.39. The number of nitrogens with zero attached hydrogens (tertiary/aromatic N) is 1. The van der Waals surface area contributed by atoms with Gasteiger partial charge in [-0.25, -0.2) is 4.39 Å². The molecular weight excluding hydrogens is 129 g/mol. The first-order valence-corrected chi connectivity index (χ1v) is 4.15. The Labute approximate surface area is 61.2 Å². The number of hydrogen-bond acceptors (Lipinski definition) is 1. The summed E-state index contributed by atoms with van der Waals surface area (Å²) >= 11 is 0. The van der Waals surface area contributed by atoms with Crippen molar-refractivity contribution in [3.8, 4) is 0 Å². The average Bonchev–Trinajstić information content (AvgIpc) is 2.16. The molecule has 58 valence electrons. The van der Waals surface area contributed by atoms with Crippen molar-refractivity contribution < 1.29 is 4.39 Å². The highest BCUT2D eigenvalue weighted by atomic mass is 19.1. The topological polar surface area (TPSA) is 3.24 Å². The predicted molar refractivity (Wildman–Crippen MR) is 38.7 cm³/mol. The molecule has 2 saturated heterocycles. The number of piperidine rings is 1. The molecule has 2 rings (SSSR count). The van der Waals surface area contributed by atoms with Gasteiger partial charge in [-0.15, -0.1) is 0 Å². The summed E-state index contributed by atoms with van der Waals surface area (Å²) in [5.74, 6) is 0. The molecule has 0 aliphatic carbocycles. The quantitative estimate of drug-likeness (QED) is 0.497. The molecule has 0 amide bonds. The molecule has 10 heavy (non-hydrogen) atoms. The van der Waals surface area contributed by atoms with Crippen molar-refractivity contribution in [3.63, 3.8) is 0 Å². The van der Waals surface area contributed by atoms with Crippen molar-refractivity contribution in [2.75, 3.05) is 7.05 Å². The first-order valence-electron chi connectivity index (χ1n) is 4.15. The smallest absolute Gasteiger partial charge is 0.117 e. The van der Waals surface area contributed by atoms with Gasteiger partial charge in [-0.05, 0) is 26.3 Å². The maximum Gasteiger partial charge on any atom is 0.117 e. The minimum Gasteiger partial charge on any atom is -0.297 e. The van der Waals surface area contributed by atoms with Gasteiger partial charge < -0.3 is 0 Å². The molecule has 3 atom stereocenters. The SMILES string of the molecule is CN1C2CCCC1C(F)C2. The summed E-state index contributed by atoms with van der Waals surface area (Å²) in [6.07, 6.45) is 3.79. The molecular formula is C8H14FN. The van der Waals surface area contributed by atoms with E-state index in [-0.39, 0.29) is 6.04 Å². The van der Waals surface area contributed by atoms with Gasteiger partial charge in [-0.2, -0.15) is 0 Å². The lowest BCUT2D eigenvalue weighted by Crippen LogP contribution is -2.37. The third kappa shape index (κ3) is 0.782. The lowest BCUT2D eigenvalue weighted by Gasteiger charge is -2.30. The fraction of sp³-hybridized carbons (Fsp3) is 1.00. The van der Waals surface area contributed by atoms with E-state index in [9.17, 15) is 4.39 Å². The van der Waals surface area contributed by atoms with Gasteiger partial charge in [0.15, 0.2) is 0 Å². The first kappa shape index (κ1) is 6.59. The van der Waals surface area contributed by atoms with E-state index in [1.807, 2.05) is 0 Å². The molecule has 0 aromatic carbocycles. The standard InChI is InChI=1S/C8H14FN/c1-10-6-3-2-4-8(10)7(9)5-6/h6-8H,2-5H2,1H3. The minimum absolute atomic E-state index is 0.263. The van der Waals surface area contributed by atoms with Crippen LogP contribution < -0.4 is 0 Å². The van der Waals surface area contributed by atoms with Gasteiger partial charge in [-0.1, -0.05) is 6.42 Å². The van der Waals surface area contributed by atoms with Crippen LogP contribution in [0.2, 0.25) is 0 Å². The van der Waals surface area contributed by atoms with Gasteiger partial charge >= 0.3 is 0 Å². The van der Waals surface area contributed by atoms with Crippen molar-refractivity contribution in [1.29, 1.82) is 0 Å². The van der Waals surface area contributed by atoms with E-state index in [4.69, 9.17) is 0 Å². The van der Waals surface area contributed by atoms with Gasteiger partial charge in [0.05, 0.1) is 0 Å². The monoisotopic (exact) mass is 143 g/mol. The van der Waals surface area contributed by atoms with E-state index in [2.05, 4.69) is 11.9 Å². The van der Waals surface area contributed by atoms with Crippen LogP contribution in [0.15, 0.2) is 0 Å². The molecule has 2 heteroatoms. The summed E-state index contributed by atoms with van der Waals surface area (Å²) in [7, 11) is 2.06. The lowest BCUT2D eigenvalue weighted by molar-refractivity contribution is 0.151. The van der Waals surface area contributed by atoms with Crippen LogP contribution in [0, 0.1) is 0 Å². The molecule has 0 N–H and O–H groups in total. The Morgan fingerprint density at radius 1 is 1.40 bits per heavy atom. The summed E-state index contributed by atoms with van der Waals surface area (Å²) in [6, 6.07) is 0.826. The van der Waals surface area contributed by atoms with Gasteiger partial charge in [-0.3, -0.25) is 4.90 Å². The Bertz CT molecular complexity index is 137. The Hall–Kier alpha value is -0.110. The number of halogens is 1. The third-order valence-electron chi connectivity index (χ3n) is 3.05. The summed E-state index contributed by atoms with van der Waals surface area (Å²) in [5.41, 5.74) is 0. The number of alkyl halides is 1. The van der Waals surface area contributed by atoms with Crippen LogP contribution >= 0.6 is 0 Å². The van der Waals surface area contributed by atoms with Crippen LogP contribution in [0.3, 0.4) is 0 Å². The maximum atomic E-state index is 13.1. The molecule has 0 radical (unpaired) electrons. The highest BCUT2D eigenvalue weighted by molar-refractivity contribution is 4.95. The van der Waals surface area contributed by atoms with E-state index in [0.717, 1.165) is 12.8 Å². The van der Waals surface area contributed by atoms with Crippen LogP contribution in [-0.2, 0) is 0 Å². The molecule has 0 spiro atoms. The second-order valence-corrected chi connectivity index (χ2v) is 3.57. The Kier molecular flexibility index (Phi) is 1.44. The van der Waals surface area contributed by atoms with Gasteiger partial charge in [0.25, 0.3) is 0 Å². The number of rotatable bonds is 0. The fourth-order valence-corrected chi connectivity index (χ4v) is 2.38. The van der Waals surface area contributed by atoms with Crippen LogP contribution in [0.5, 0.6) is 0 Å². The van der Waals surface area contributed by atoms with E-state index in [0.29, 0.717) is 6.04 Å². The van der Waals surface area contributed by atoms with Crippen LogP contribution in [-0.4, -0.2) is 30.2 Å². The second kappa shape index (κ2) is 2.19. The maximum absolute atomic E-state index is 13.1. The second-order valence-electron chi connectivity index (χ2n) is 3.57. The minimum atomic E-state index is -0.530. The van der Waals surface area contributed by atoms with E-state index in [1.165, 1.54) is 12.8 Å². The highest BCUT2D eigenvalue weighted by Gasteiger charge is 2.41. The molecule has 3 unspecified atom stereocenters. The summed E-state index contributed by atoms with van der Waals surface area (Å²) in [4.78, 5) is 2.23. The third-order valence-corrected chi connectivity index (χ3v) is 3.05. The Balaban J connectivity index is 2.14. The van der Waals surface area contributed by atoms with Crippen molar-refractivity contribution >= 4 is 0 Å². The van der Waals surface area contributed by atoms with Gasteiger partial charge in [0.2, 0.25) is 0 Å². The number of hydrogen-bond donors (Lipinski definition) is 0. The highest BCUT2D eigenvalue weighted by Crippen LogP contribution is 2.35. The number of fused-ring (bicyclic) bond motifs is 2. The van der Waals surface area contributed by atoms with Crippen molar-refractivity contribution in [2.45, 2.75) is 43.9 Å². The van der Waals surface area contributed by atoms with E-state index in [1.54, 1.807) is 0 Å². The van der Waals surface area contributed by atoms with Crippen LogP contribution in [0.1, 0.15) is 25.7 Å². The van der Waals surface area contributed by atoms with Gasteiger partial charge in [0, 0.05) is 12.1 Å². The molecule has 0 aromatic rings. The summed E-state index contributed by atoms with van der Waals surface area (Å²) < 4.78 is 13.1. The van der Waals surface area contributed by atoms with Crippen LogP contribution in [0.25, 0.3) is 0 Å². The molecule has 1 nitrogen and oxygen atoms in total. The molecule has 2 heterocycles. The molecule has 2 bridgehead atoms. The zero-order chi connectivity index (χ0) is 7.14. The van der Waals surface area contributed by atoms with Gasteiger partial charge in [0.1, 0.15) is 6.17 Å². The molecule has 0 aromatic heterocycles. The van der Waals surface area contributed by atoms with Crippen LogP contribution in [0.4, 0.5) is 4.39 Å². The lowest BCUT2D eigenvalue weighted by atomic mass is 10.0. The largest absolute Gasteiger partial charge is 0.297 e. The Morgan fingerprint density at radius 3 is 2.80 bits per heavy atom. The predicted octanol–water partition coefficient (Wildman–Crippen LogP) is 1.58. The van der Waals surface area contributed by atoms with E-state index < -0.39 is 6.17 Å². The van der Waals surface area contributed by atoms with Crippen molar-refractivity contribution in [3.05, 3.63) is 0 Å². The van der Waals surface area contributed by atoms with Crippen molar-refractivity contribution in [1.82, 2.24) is 4.90 Å². The first-order chi connectivity index (χ1) is 4.79. The van der Waals surface area contributed by atoms with Crippen molar-refractivity contribution in [2.24, 2.45) is 0 Å². The average molecular weight is 143 g/mol. The molecule has 2 aliphatic rings. The summed E-state index contributed by atoms with van der Waals surface area (Å²) in [6.45, 7) is 0. The summed E-state index contributed by atoms with van der Waals surface area (Å²) in [5, 5.41) is 0.